The first kappa shape index (κ1) is 23.4. The van der Waals surface area contributed by atoms with Crippen molar-refractivity contribution in [2.45, 2.75) is 38.4 Å². The van der Waals surface area contributed by atoms with Crippen molar-refractivity contribution in [3.8, 4) is 0 Å². The molecule has 1 heterocycles. The number of hydrogen-bond donors (Lipinski definition) is 1. The molecule has 1 atom stereocenters. The lowest BCUT2D eigenvalue weighted by Crippen LogP contribution is -2.45. The van der Waals surface area contributed by atoms with E-state index in [1.165, 1.54) is 6.07 Å². The first-order valence-corrected chi connectivity index (χ1v) is 7.75. The molecule has 0 aliphatic carbocycles. The van der Waals surface area contributed by atoms with Gasteiger partial charge in [0.2, 0.25) is 0 Å². The van der Waals surface area contributed by atoms with Gasteiger partial charge in [0.25, 0.3) is 0 Å². The minimum absolute atomic E-state index is 0. The zero-order chi connectivity index (χ0) is 16.2. The number of piperazine rings is 1. The van der Waals surface area contributed by atoms with E-state index in [-0.39, 0.29) is 36.4 Å². The topological polar surface area (TPSA) is 15.3 Å². The molecule has 1 aromatic rings. The van der Waals surface area contributed by atoms with Crippen LogP contribution >= 0.6 is 24.8 Å². The number of nitrogens with one attached hydrogen (secondary N) is 1. The summed E-state index contributed by atoms with van der Waals surface area (Å²) in [5, 5.41) is 3.21. The predicted molar refractivity (Wildman–Crippen MR) is 92.6 cm³/mol. The number of hydrogen-bond acceptors (Lipinski definition) is 2. The van der Waals surface area contributed by atoms with Gasteiger partial charge in [0.1, 0.15) is 5.82 Å². The van der Waals surface area contributed by atoms with Crippen molar-refractivity contribution in [3.63, 3.8) is 0 Å². The molecule has 1 saturated heterocycles. The Hall–Kier alpha value is -0.560. The summed E-state index contributed by atoms with van der Waals surface area (Å²) >= 11 is 0. The van der Waals surface area contributed by atoms with Gasteiger partial charge >= 0.3 is 6.18 Å². The van der Waals surface area contributed by atoms with Gasteiger partial charge in [0.15, 0.2) is 0 Å². The summed E-state index contributed by atoms with van der Waals surface area (Å²) in [6, 6.07) is 2.75. The fraction of sp³-hybridized carbons (Fsp3) is 0.625. The largest absolute Gasteiger partial charge is 0.416 e. The van der Waals surface area contributed by atoms with Crippen LogP contribution in [0.3, 0.4) is 0 Å². The molecular weight excluding hydrogens is 367 g/mol. The first-order valence-electron chi connectivity index (χ1n) is 7.75. The standard InChI is InChI=1S/C16H22F4N2.2ClH/c1-2-3-4-15(22-9-7-21-8-10-22)13-6-5-12(17)11-14(13)16(18,19)20;;/h5-6,11,15,21H,2-4,7-10H2,1H3;2*1H/t15-;;/m0../s1. The number of alkyl halides is 3. The summed E-state index contributed by atoms with van der Waals surface area (Å²) in [6.45, 7) is 4.98. The monoisotopic (exact) mass is 390 g/mol. The Balaban J connectivity index is 0.00000264. The lowest BCUT2D eigenvalue weighted by molar-refractivity contribution is -0.139. The van der Waals surface area contributed by atoms with Gasteiger partial charge in [-0.1, -0.05) is 25.8 Å². The Morgan fingerprint density at radius 3 is 2.33 bits per heavy atom. The van der Waals surface area contributed by atoms with Crippen LogP contribution in [0.15, 0.2) is 18.2 Å². The number of nitrogens with zero attached hydrogens (tertiary/aromatic N) is 1. The van der Waals surface area contributed by atoms with E-state index in [4.69, 9.17) is 0 Å². The molecular formula is C16H24Cl2F4N2. The lowest BCUT2D eigenvalue weighted by atomic mass is 9.94. The van der Waals surface area contributed by atoms with E-state index in [0.717, 1.165) is 32.0 Å². The van der Waals surface area contributed by atoms with E-state index >= 15 is 0 Å². The van der Waals surface area contributed by atoms with E-state index in [1.54, 1.807) is 0 Å². The van der Waals surface area contributed by atoms with Crippen LogP contribution in [0.25, 0.3) is 0 Å². The summed E-state index contributed by atoms with van der Waals surface area (Å²) in [7, 11) is 0. The molecule has 1 aliphatic rings. The average molecular weight is 391 g/mol. The first-order chi connectivity index (χ1) is 10.4. The third-order valence-electron chi connectivity index (χ3n) is 4.10. The van der Waals surface area contributed by atoms with Crippen LogP contribution in [0.4, 0.5) is 17.6 Å². The maximum atomic E-state index is 13.3. The molecule has 24 heavy (non-hydrogen) atoms. The Labute approximate surface area is 152 Å². The fourth-order valence-electron chi connectivity index (χ4n) is 2.99. The van der Waals surface area contributed by atoms with Crippen molar-refractivity contribution in [2.24, 2.45) is 0 Å². The third-order valence-corrected chi connectivity index (χ3v) is 4.10. The molecule has 140 valence electrons. The summed E-state index contributed by atoms with van der Waals surface area (Å²) in [4.78, 5) is 2.08. The molecule has 0 radical (unpaired) electrons. The second kappa shape index (κ2) is 10.4. The van der Waals surface area contributed by atoms with Crippen LogP contribution in [0.5, 0.6) is 0 Å². The van der Waals surface area contributed by atoms with Gasteiger partial charge in [-0.15, -0.1) is 24.8 Å². The van der Waals surface area contributed by atoms with Gasteiger partial charge < -0.3 is 5.32 Å². The van der Waals surface area contributed by atoms with Crippen molar-refractivity contribution in [2.75, 3.05) is 26.2 Å². The summed E-state index contributed by atoms with van der Waals surface area (Å²) in [6.07, 6.45) is -2.10. The number of halogens is 6. The molecule has 0 spiro atoms. The molecule has 2 nitrogen and oxygen atoms in total. The zero-order valence-corrected chi connectivity index (χ0v) is 15.2. The smallest absolute Gasteiger partial charge is 0.314 e. The van der Waals surface area contributed by atoms with Gasteiger partial charge in [0, 0.05) is 32.2 Å². The van der Waals surface area contributed by atoms with E-state index in [0.29, 0.717) is 25.6 Å². The fourth-order valence-corrected chi connectivity index (χ4v) is 2.99. The van der Waals surface area contributed by atoms with Crippen LogP contribution in [-0.4, -0.2) is 31.1 Å². The zero-order valence-electron chi connectivity index (χ0n) is 13.5. The molecule has 1 N–H and O–H groups in total. The van der Waals surface area contributed by atoms with Crippen molar-refractivity contribution in [1.29, 1.82) is 0 Å². The van der Waals surface area contributed by atoms with Crippen molar-refractivity contribution in [1.82, 2.24) is 10.2 Å². The van der Waals surface area contributed by atoms with Crippen molar-refractivity contribution in [3.05, 3.63) is 35.1 Å². The predicted octanol–water partition coefficient (Wildman–Crippen LogP) is 4.82. The minimum Gasteiger partial charge on any atom is -0.314 e. The number of benzene rings is 1. The van der Waals surface area contributed by atoms with E-state index in [2.05, 4.69) is 10.2 Å². The molecule has 2 rings (SSSR count). The summed E-state index contributed by atoms with van der Waals surface area (Å²) in [5.41, 5.74) is -0.642. The SMILES string of the molecule is CCCC[C@@H](c1ccc(F)cc1C(F)(F)F)N1CCNCC1.Cl.Cl. The van der Waals surface area contributed by atoms with Crippen molar-refractivity contribution < 1.29 is 17.6 Å². The molecule has 1 aliphatic heterocycles. The van der Waals surface area contributed by atoms with Crippen LogP contribution in [0, 0.1) is 5.82 Å². The highest BCUT2D eigenvalue weighted by Crippen LogP contribution is 2.38. The molecule has 0 bridgehead atoms. The second-order valence-corrected chi connectivity index (χ2v) is 5.67. The van der Waals surface area contributed by atoms with Gasteiger partial charge in [-0.2, -0.15) is 13.2 Å². The number of unbranched alkanes of at least 4 members (excludes halogenated alkanes) is 1. The Kier molecular flexibility index (Phi) is 10.2. The Bertz CT molecular complexity index is 491. The van der Waals surface area contributed by atoms with E-state index < -0.39 is 17.6 Å². The normalized spacial score (nSPS) is 16.9. The Morgan fingerprint density at radius 2 is 1.79 bits per heavy atom. The average Bonchev–Trinajstić information content (AvgIpc) is 2.49. The van der Waals surface area contributed by atoms with Gasteiger partial charge in [-0.3, -0.25) is 4.90 Å². The van der Waals surface area contributed by atoms with Gasteiger partial charge in [0.05, 0.1) is 5.56 Å². The van der Waals surface area contributed by atoms with Crippen LogP contribution < -0.4 is 5.32 Å². The molecule has 1 aromatic carbocycles. The quantitative estimate of drug-likeness (QED) is 0.724. The lowest BCUT2D eigenvalue weighted by Gasteiger charge is -2.36. The maximum Gasteiger partial charge on any atom is 0.416 e. The molecule has 0 unspecified atom stereocenters. The highest BCUT2D eigenvalue weighted by Gasteiger charge is 2.37. The van der Waals surface area contributed by atoms with E-state index in [9.17, 15) is 17.6 Å². The highest BCUT2D eigenvalue weighted by molar-refractivity contribution is 5.85. The molecule has 0 saturated carbocycles. The molecule has 8 heteroatoms. The van der Waals surface area contributed by atoms with Crippen LogP contribution in [-0.2, 0) is 6.18 Å². The highest BCUT2D eigenvalue weighted by atomic mass is 35.5. The van der Waals surface area contributed by atoms with Gasteiger partial charge in [-0.25, -0.2) is 4.39 Å². The van der Waals surface area contributed by atoms with Gasteiger partial charge in [-0.05, 0) is 24.1 Å². The Morgan fingerprint density at radius 1 is 1.17 bits per heavy atom. The molecule has 1 fully saturated rings. The van der Waals surface area contributed by atoms with Crippen molar-refractivity contribution >= 4 is 24.8 Å². The molecule has 0 aromatic heterocycles. The van der Waals surface area contributed by atoms with Crippen LogP contribution in [0.2, 0.25) is 0 Å². The van der Waals surface area contributed by atoms with E-state index in [1.807, 2.05) is 6.92 Å². The number of rotatable bonds is 5. The minimum atomic E-state index is -4.53. The summed E-state index contributed by atoms with van der Waals surface area (Å²) in [5.74, 6) is -0.842. The van der Waals surface area contributed by atoms with Crippen LogP contribution in [0.1, 0.15) is 43.4 Å². The molecule has 0 amide bonds. The summed E-state index contributed by atoms with van der Waals surface area (Å²) < 4.78 is 53.2. The maximum absolute atomic E-state index is 13.3. The third kappa shape index (κ3) is 6.06. The second-order valence-electron chi connectivity index (χ2n) is 5.67.